The van der Waals surface area contributed by atoms with E-state index < -0.39 is 0 Å². The van der Waals surface area contributed by atoms with Gasteiger partial charge >= 0.3 is 0 Å². The Hall–Kier alpha value is -0.820. The maximum atomic E-state index is 11.0. The molecule has 3 saturated carbocycles. The summed E-state index contributed by atoms with van der Waals surface area (Å²) in [7, 11) is 0. The molecule has 0 aromatic rings. The third-order valence-corrected chi connectivity index (χ3v) is 10.1. The predicted molar refractivity (Wildman–Crippen MR) is 123 cm³/mol. The van der Waals surface area contributed by atoms with Crippen LogP contribution >= 0.6 is 0 Å². The lowest BCUT2D eigenvalue weighted by Crippen LogP contribution is -2.50. The molecule has 3 fully saturated rings. The second-order valence-corrected chi connectivity index (χ2v) is 11.7. The van der Waals surface area contributed by atoms with Crippen molar-refractivity contribution in [2.75, 3.05) is 0 Å². The summed E-state index contributed by atoms with van der Waals surface area (Å²) in [6.07, 6.45) is 18.4. The maximum absolute atomic E-state index is 11.0. The average molecular weight is 397 g/mol. The lowest BCUT2D eigenvalue weighted by molar-refractivity contribution is -0.0229. The third-order valence-electron chi connectivity index (χ3n) is 10.1. The van der Waals surface area contributed by atoms with Crippen LogP contribution in [0, 0.1) is 46.3 Å². The van der Waals surface area contributed by atoms with Gasteiger partial charge in [0.15, 0.2) is 0 Å². The van der Waals surface area contributed by atoms with Crippen molar-refractivity contribution in [1.82, 2.24) is 0 Å². The van der Waals surface area contributed by atoms with Crippen LogP contribution in [0.15, 0.2) is 35.5 Å². The number of fused-ring (bicyclic) bond motifs is 5. The summed E-state index contributed by atoms with van der Waals surface area (Å²) in [5.41, 5.74) is 3.65. The largest absolute Gasteiger partial charge is 0.392 e. The molecule has 8 atom stereocenters. The van der Waals surface area contributed by atoms with Gasteiger partial charge in [-0.05, 0) is 85.9 Å². The fourth-order valence-corrected chi connectivity index (χ4v) is 7.67. The molecule has 0 amide bonds. The molecule has 1 N–H and O–H groups in total. The molecule has 0 radical (unpaired) electrons. The summed E-state index contributed by atoms with van der Waals surface area (Å²) in [6.45, 7) is 14.4. The molecule has 2 unspecified atom stereocenters. The van der Waals surface area contributed by atoms with Gasteiger partial charge in [0.2, 0.25) is 0 Å². The summed E-state index contributed by atoms with van der Waals surface area (Å²) < 4.78 is 0. The molecular weight excluding hydrogens is 352 g/mol. The van der Waals surface area contributed by atoms with Crippen LogP contribution in [0.1, 0.15) is 86.5 Å². The van der Waals surface area contributed by atoms with Gasteiger partial charge in [-0.3, -0.25) is 0 Å². The smallest absolute Gasteiger partial charge is 0.0636 e. The maximum Gasteiger partial charge on any atom is 0.0636 e. The number of rotatable bonds is 4. The zero-order chi connectivity index (χ0) is 21.0. The molecule has 29 heavy (non-hydrogen) atoms. The summed E-state index contributed by atoms with van der Waals surface area (Å²) in [6, 6.07) is 0. The van der Waals surface area contributed by atoms with Crippen LogP contribution in [0.2, 0.25) is 0 Å². The van der Waals surface area contributed by atoms with E-state index in [2.05, 4.69) is 65.8 Å². The topological polar surface area (TPSA) is 20.2 Å². The first-order chi connectivity index (χ1) is 13.7. The number of hydrogen-bond donors (Lipinski definition) is 1. The number of allylic oxidation sites excluding steroid dienone is 5. The van der Waals surface area contributed by atoms with Crippen molar-refractivity contribution in [2.24, 2.45) is 46.3 Å². The second kappa shape index (κ2) is 7.70. The Bertz CT molecular complexity index is 712. The minimum Gasteiger partial charge on any atom is -0.392 e. The van der Waals surface area contributed by atoms with Gasteiger partial charge < -0.3 is 5.11 Å². The summed E-state index contributed by atoms with van der Waals surface area (Å²) in [4.78, 5) is 0. The summed E-state index contributed by atoms with van der Waals surface area (Å²) >= 11 is 0. The zero-order valence-electron chi connectivity index (χ0n) is 19.7. The van der Waals surface area contributed by atoms with E-state index in [9.17, 15) is 5.11 Å². The van der Waals surface area contributed by atoms with E-state index in [4.69, 9.17) is 0 Å². The summed E-state index contributed by atoms with van der Waals surface area (Å²) in [5.74, 6) is 4.12. The third kappa shape index (κ3) is 3.31. The highest BCUT2D eigenvalue weighted by atomic mass is 16.3. The van der Waals surface area contributed by atoms with Gasteiger partial charge in [-0.15, -0.1) is 0 Å². The Kier molecular flexibility index (Phi) is 5.69. The highest BCUT2D eigenvalue weighted by molar-refractivity contribution is 5.39. The van der Waals surface area contributed by atoms with Crippen molar-refractivity contribution < 1.29 is 5.11 Å². The first-order valence-corrected chi connectivity index (χ1v) is 12.5. The van der Waals surface area contributed by atoms with Crippen molar-refractivity contribution in [3.8, 4) is 0 Å². The molecular formula is C28H44O. The molecule has 0 aliphatic heterocycles. The molecule has 4 rings (SSSR count). The Balaban J connectivity index is 1.58. The molecule has 0 saturated heterocycles. The van der Waals surface area contributed by atoms with E-state index in [0.717, 1.165) is 24.7 Å². The fourth-order valence-electron chi connectivity index (χ4n) is 7.67. The Morgan fingerprint density at radius 1 is 0.966 bits per heavy atom. The molecule has 0 aromatic heterocycles. The van der Waals surface area contributed by atoms with Crippen LogP contribution in [0.25, 0.3) is 0 Å². The van der Waals surface area contributed by atoms with Crippen LogP contribution in [0.3, 0.4) is 0 Å². The van der Waals surface area contributed by atoms with E-state index in [1.807, 2.05) is 0 Å². The van der Waals surface area contributed by atoms with Crippen LogP contribution in [0.4, 0.5) is 0 Å². The minimum absolute atomic E-state index is 0.0000345. The normalized spacial score (nSPS) is 44.0. The number of aliphatic hydroxyl groups is 1. The van der Waals surface area contributed by atoms with Gasteiger partial charge in [-0.1, -0.05) is 77.0 Å². The standard InChI is InChI=1S/C28H44O/c1-18(2)19(3)10-11-20(4)23-14-15-24-22-13-12-21-8-7-9-26(29)28(21,6)25(22)16-17-27(23,24)5/h10-13,18-20,23-26,29H,7-9,14-17H2,1-6H3/t19?,20-,23-,24+,25+,26?,27-,28+/m1/s1. The van der Waals surface area contributed by atoms with Gasteiger partial charge in [0.05, 0.1) is 6.10 Å². The highest BCUT2D eigenvalue weighted by Gasteiger charge is 2.58. The zero-order valence-corrected chi connectivity index (χ0v) is 19.7. The van der Waals surface area contributed by atoms with Crippen LogP contribution in [-0.2, 0) is 0 Å². The van der Waals surface area contributed by atoms with Crippen LogP contribution in [0.5, 0.6) is 0 Å². The molecule has 0 spiro atoms. The van der Waals surface area contributed by atoms with Crippen molar-refractivity contribution in [3.63, 3.8) is 0 Å². The quantitative estimate of drug-likeness (QED) is 0.493. The Morgan fingerprint density at radius 2 is 1.72 bits per heavy atom. The van der Waals surface area contributed by atoms with Gasteiger partial charge in [-0.2, -0.15) is 0 Å². The Morgan fingerprint density at radius 3 is 2.45 bits per heavy atom. The molecule has 0 bridgehead atoms. The molecule has 0 heterocycles. The van der Waals surface area contributed by atoms with Gasteiger partial charge in [0, 0.05) is 5.41 Å². The molecule has 162 valence electrons. The van der Waals surface area contributed by atoms with Crippen molar-refractivity contribution in [2.45, 2.75) is 92.6 Å². The molecule has 0 aromatic carbocycles. The van der Waals surface area contributed by atoms with Gasteiger partial charge in [0.1, 0.15) is 0 Å². The predicted octanol–water partition coefficient (Wildman–Crippen LogP) is 7.33. The van der Waals surface area contributed by atoms with Crippen LogP contribution in [-0.4, -0.2) is 11.2 Å². The number of aliphatic hydroxyl groups excluding tert-OH is 1. The van der Waals surface area contributed by atoms with Crippen molar-refractivity contribution in [3.05, 3.63) is 35.5 Å². The lowest BCUT2D eigenvalue weighted by atomic mass is 9.49. The van der Waals surface area contributed by atoms with E-state index in [0.29, 0.717) is 29.1 Å². The first-order valence-electron chi connectivity index (χ1n) is 12.5. The minimum atomic E-state index is -0.155. The fraction of sp³-hybridized carbons (Fsp3) is 0.786. The molecule has 1 heteroatoms. The molecule has 4 aliphatic rings. The summed E-state index contributed by atoms with van der Waals surface area (Å²) in [5, 5.41) is 11.0. The van der Waals surface area contributed by atoms with E-state index >= 15 is 0 Å². The van der Waals surface area contributed by atoms with Crippen LogP contribution < -0.4 is 0 Å². The number of hydrogen-bond acceptors (Lipinski definition) is 1. The monoisotopic (exact) mass is 396 g/mol. The first kappa shape index (κ1) is 21.4. The van der Waals surface area contributed by atoms with Crippen molar-refractivity contribution in [1.29, 1.82) is 0 Å². The highest BCUT2D eigenvalue weighted by Crippen LogP contribution is 2.65. The van der Waals surface area contributed by atoms with E-state index in [1.165, 1.54) is 37.7 Å². The van der Waals surface area contributed by atoms with E-state index in [1.54, 1.807) is 5.57 Å². The van der Waals surface area contributed by atoms with Crippen molar-refractivity contribution >= 4 is 0 Å². The van der Waals surface area contributed by atoms with Gasteiger partial charge in [0.25, 0.3) is 0 Å². The lowest BCUT2D eigenvalue weighted by Gasteiger charge is -2.56. The SMILES string of the molecule is CC(C)C(C)C=C[C@@H](C)[C@H]1CC[C@H]2C3=CC=C4CCCC(O)[C@]4(C)[C@H]3CC[C@]12C. The molecule has 4 aliphatic carbocycles. The second-order valence-electron chi connectivity index (χ2n) is 11.7. The van der Waals surface area contributed by atoms with E-state index in [-0.39, 0.29) is 11.5 Å². The average Bonchev–Trinajstić information content (AvgIpc) is 3.04. The van der Waals surface area contributed by atoms with Gasteiger partial charge in [-0.25, -0.2) is 0 Å². The Labute approximate surface area is 179 Å². The molecule has 1 nitrogen and oxygen atoms in total.